The molecule has 26 heavy (non-hydrogen) atoms. The summed E-state index contributed by atoms with van der Waals surface area (Å²) in [7, 11) is 0. The van der Waals surface area contributed by atoms with Gasteiger partial charge in [-0.2, -0.15) is 0 Å². The Morgan fingerprint density at radius 2 is 2.12 bits per heavy atom. The number of fused-ring (bicyclic) bond motifs is 1. The maximum absolute atomic E-state index is 12.3. The Bertz CT molecular complexity index is 907. The molecule has 1 aliphatic heterocycles. The predicted octanol–water partition coefficient (Wildman–Crippen LogP) is 3.64. The summed E-state index contributed by atoms with van der Waals surface area (Å²) in [6.45, 7) is 4.10. The number of hydrogen-bond donors (Lipinski definition) is 1. The van der Waals surface area contributed by atoms with Crippen molar-refractivity contribution in [3.8, 4) is 0 Å². The Hall–Kier alpha value is -2.15. The molecule has 1 N–H and O–H groups in total. The van der Waals surface area contributed by atoms with Crippen LogP contribution in [0.25, 0.3) is 17.0 Å². The van der Waals surface area contributed by atoms with Gasteiger partial charge in [-0.15, -0.1) is 11.3 Å². The second-order valence-corrected chi connectivity index (χ2v) is 8.08. The molecule has 3 aromatic rings. The molecule has 0 unspecified atom stereocenters. The van der Waals surface area contributed by atoms with E-state index in [1.165, 1.54) is 17.0 Å². The van der Waals surface area contributed by atoms with Crippen LogP contribution < -0.4 is 0 Å². The summed E-state index contributed by atoms with van der Waals surface area (Å²) in [6, 6.07) is 7.90. The Labute approximate surface area is 160 Å². The van der Waals surface area contributed by atoms with Gasteiger partial charge in [0.2, 0.25) is 5.91 Å². The number of halogens is 1. The molecule has 3 aromatic heterocycles. The summed E-state index contributed by atoms with van der Waals surface area (Å²) in [4.78, 5) is 25.2. The van der Waals surface area contributed by atoms with Gasteiger partial charge in [-0.1, -0.05) is 11.6 Å². The van der Waals surface area contributed by atoms with Gasteiger partial charge in [0, 0.05) is 72.7 Å². The number of H-pyrrole nitrogens is 1. The number of carbonyl (C=O) groups is 1. The molecular weight excluding hydrogens is 368 g/mol. The maximum atomic E-state index is 12.3. The van der Waals surface area contributed by atoms with Crippen LogP contribution >= 0.6 is 22.9 Å². The molecule has 4 heterocycles. The number of pyridine rings is 1. The Morgan fingerprint density at radius 1 is 1.27 bits per heavy atom. The average molecular weight is 387 g/mol. The van der Waals surface area contributed by atoms with Crippen molar-refractivity contribution in [3.63, 3.8) is 0 Å². The third kappa shape index (κ3) is 3.98. The smallest absolute Gasteiger partial charge is 0.246 e. The molecule has 7 heteroatoms. The van der Waals surface area contributed by atoms with Crippen molar-refractivity contribution in [1.29, 1.82) is 0 Å². The molecule has 5 nitrogen and oxygen atoms in total. The number of aromatic nitrogens is 2. The fourth-order valence-corrected chi connectivity index (χ4v) is 4.13. The third-order valence-corrected chi connectivity index (χ3v) is 5.74. The van der Waals surface area contributed by atoms with Crippen molar-refractivity contribution in [3.05, 3.63) is 57.6 Å². The predicted molar refractivity (Wildman–Crippen MR) is 106 cm³/mol. The van der Waals surface area contributed by atoms with Crippen molar-refractivity contribution >= 4 is 45.8 Å². The zero-order valence-corrected chi connectivity index (χ0v) is 15.8. The van der Waals surface area contributed by atoms with Gasteiger partial charge < -0.3 is 9.88 Å². The van der Waals surface area contributed by atoms with Crippen LogP contribution in [0.15, 0.2) is 42.7 Å². The molecule has 0 bridgehead atoms. The first-order chi connectivity index (χ1) is 12.7. The number of nitrogens with one attached hydrogen (secondary N) is 1. The molecule has 134 valence electrons. The van der Waals surface area contributed by atoms with Crippen LogP contribution in [0.5, 0.6) is 0 Å². The molecule has 0 radical (unpaired) electrons. The van der Waals surface area contributed by atoms with Crippen LogP contribution in [-0.4, -0.2) is 51.9 Å². The minimum atomic E-state index is 0.0610. The summed E-state index contributed by atoms with van der Waals surface area (Å²) < 4.78 is 0.735. The van der Waals surface area contributed by atoms with Crippen LogP contribution in [0.4, 0.5) is 0 Å². The second-order valence-electron chi connectivity index (χ2n) is 6.33. The molecule has 0 atom stereocenters. The van der Waals surface area contributed by atoms with Crippen molar-refractivity contribution in [1.82, 2.24) is 19.8 Å². The maximum Gasteiger partial charge on any atom is 0.246 e. The number of aromatic amines is 1. The fourth-order valence-electron chi connectivity index (χ4n) is 3.16. The number of carbonyl (C=O) groups excluding carboxylic acids is 1. The molecule has 1 saturated heterocycles. The lowest BCUT2D eigenvalue weighted by molar-refractivity contribution is -0.127. The highest BCUT2D eigenvalue weighted by atomic mass is 35.5. The van der Waals surface area contributed by atoms with E-state index in [9.17, 15) is 4.79 Å². The van der Waals surface area contributed by atoms with Crippen molar-refractivity contribution in [2.45, 2.75) is 6.54 Å². The minimum Gasteiger partial charge on any atom is -0.357 e. The summed E-state index contributed by atoms with van der Waals surface area (Å²) in [5, 5.41) is 1.13. The molecule has 1 aliphatic rings. The molecule has 0 saturated carbocycles. The first-order valence-corrected chi connectivity index (χ1v) is 9.73. The monoisotopic (exact) mass is 386 g/mol. The van der Waals surface area contributed by atoms with Crippen LogP contribution in [0.1, 0.15) is 10.6 Å². The molecule has 0 aliphatic carbocycles. The first-order valence-electron chi connectivity index (χ1n) is 8.54. The van der Waals surface area contributed by atoms with Crippen molar-refractivity contribution in [2.75, 3.05) is 26.2 Å². The lowest BCUT2D eigenvalue weighted by Crippen LogP contribution is -2.47. The fraction of sp³-hybridized carbons (Fsp3) is 0.263. The van der Waals surface area contributed by atoms with Gasteiger partial charge in [0.15, 0.2) is 0 Å². The molecule has 0 spiro atoms. The highest BCUT2D eigenvalue weighted by molar-refractivity contribution is 7.17. The summed E-state index contributed by atoms with van der Waals surface area (Å²) >= 11 is 7.38. The topological polar surface area (TPSA) is 52.2 Å². The number of nitrogens with zero attached hydrogens (tertiary/aromatic N) is 3. The van der Waals surface area contributed by atoms with Gasteiger partial charge in [0.1, 0.15) is 0 Å². The van der Waals surface area contributed by atoms with Gasteiger partial charge >= 0.3 is 0 Å². The largest absolute Gasteiger partial charge is 0.357 e. The van der Waals surface area contributed by atoms with Gasteiger partial charge in [-0.3, -0.25) is 14.7 Å². The van der Waals surface area contributed by atoms with E-state index in [-0.39, 0.29) is 5.91 Å². The molecule has 1 amide bonds. The van der Waals surface area contributed by atoms with Crippen LogP contribution in [0, 0.1) is 0 Å². The van der Waals surface area contributed by atoms with E-state index in [0.29, 0.717) is 0 Å². The zero-order chi connectivity index (χ0) is 17.9. The number of thiophene rings is 1. The molecule has 4 rings (SSSR count). The van der Waals surface area contributed by atoms with Gasteiger partial charge in [-0.25, -0.2) is 0 Å². The van der Waals surface area contributed by atoms with Gasteiger partial charge in [-0.05, 0) is 30.3 Å². The lowest BCUT2D eigenvalue weighted by atomic mass is 10.2. The Kier molecular flexibility index (Phi) is 5.06. The van der Waals surface area contributed by atoms with E-state index in [0.717, 1.165) is 52.8 Å². The highest BCUT2D eigenvalue weighted by Crippen LogP contribution is 2.22. The van der Waals surface area contributed by atoms with Crippen molar-refractivity contribution in [2.24, 2.45) is 0 Å². The van der Waals surface area contributed by atoms with E-state index < -0.39 is 0 Å². The van der Waals surface area contributed by atoms with Gasteiger partial charge in [0.05, 0.1) is 4.34 Å². The van der Waals surface area contributed by atoms with Crippen LogP contribution in [0.2, 0.25) is 4.34 Å². The number of piperazine rings is 1. The third-order valence-electron chi connectivity index (χ3n) is 4.54. The molecule has 0 aromatic carbocycles. The highest BCUT2D eigenvalue weighted by Gasteiger charge is 2.20. The number of rotatable bonds is 4. The molecule has 1 fully saturated rings. The second kappa shape index (κ2) is 7.61. The lowest BCUT2D eigenvalue weighted by Gasteiger charge is -2.34. The first kappa shape index (κ1) is 17.3. The van der Waals surface area contributed by atoms with Gasteiger partial charge in [0.25, 0.3) is 0 Å². The summed E-state index contributed by atoms with van der Waals surface area (Å²) in [5.41, 5.74) is 2.30. The van der Waals surface area contributed by atoms with E-state index >= 15 is 0 Å². The van der Waals surface area contributed by atoms with E-state index in [1.807, 2.05) is 35.4 Å². The Balaban J connectivity index is 1.30. The number of amides is 1. The van der Waals surface area contributed by atoms with E-state index in [4.69, 9.17) is 11.6 Å². The van der Waals surface area contributed by atoms with Crippen molar-refractivity contribution < 1.29 is 4.79 Å². The molecular formula is C19H19ClN4OS. The van der Waals surface area contributed by atoms with Crippen LogP contribution in [0.3, 0.4) is 0 Å². The van der Waals surface area contributed by atoms with Crippen LogP contribution in [-0.2, 0) is 11.3 Å². The quantitative estimate of drug-likeness (QED) is 0.696. The normalized spacial score (nSPS) is 16.0. The zero-order valence-electron chi connectivity index (χ0n) is 14.2. The summed E-state index contributed by atoms with van der Waals surface area (Å²) in [6.07, 6.45) is 7.15. The Morgan fingerprint density at radius 3 is 2.85 bits per heavy atom. The summed E-state index contributed by atoms with van der Waals surface area (Å²) in [5.74, 6) is 0.0610. The SMILES string of the molecule is O=C(/C=C/c1ccc(Cl)s1)N1CCN(Cc2cc3cnccc3[nH]2)CC1. The minimum absolute atomic E-state index is 0.0610. The average Bonchev–Trinajstić information content (AvgIpc) is 3.25. The number of hydrogen-bond acceptors (Lipinski definition) is 4. The van der Waals surface area contributed by atoms with E-state index in [1.54, 1.807) is 12.3 Å². The standard InChI is InChI=1S/C19H19ClN4OS/c20-18-3-1-16(26-18)2-4-19(25)24-9-7-23(8-10-24)13-15-11-14-12-21-6-5-17(14)22-15/h1-6,11-12,22H,7-10,13H2/b4-2+. The van der Waals surface area contributed by atoms with E-state index in [2.05, 4.69) is 20.9 Å².